The van der Waals surface area contributed by atoms with E-state index in [0.29, 0.717) is 17.9 Å². The van der Waals surface area contributed by atoms with Gasteiger partial charge in [0.2, 0.25) is 5.95 Å². The molecule has 1 aliphatic carbocycles. The maximum Gasteiger partial charge on any atom is 0.223 e. The third-order valence-corrected chi connectivity index (χ3v) is 3.71. The molecule has 0 amide bonds. The van der Waals surface area contributed by atoms with Gasteiger partial charge < -0.3 is 16.0 Å². The smallest absolute Gasteiger partial charge is 0.223 e. The van der Waals surface area contributed by atoms with E-state index in [2.05, 4.69) is 41.0 Å². The summed E-state index contributed by atoms with van der Waals surface area (Å²) in [7, 11) is 0. The van der Waals surface area contributed by atoms with Crippen LogP contribution in [0.3, 0.4) is 0 Å². The second-order valence-corrected chi connectivity index (χ2v) is 5.98. The molecule has 0 atom stereocenters. The van der Waals surface area contributed by atoms with Crippen LogP contribution in [-0.2, 0) is 0 Å². The standard InChI is InChI=1S/C15H27N5/c1-4-17-13-9-14(19-15(16)18-13)20(10-11(2)3)12-7-5-6-8-12/h9,11-12H,4-8,10H2,1-3H3,(H3,16,17,18,19). The SMILES string of the molecule is CCNc1cc(N(CC(C)C)C2CCCC2)nc(N)n1. The second-order valence-electron chi connectivity index (χ2n) is 5.98. The fraction of sp³-hybridized carbons (Fsp3) is 0.733. The fourth-order valence-corrected chi connectivity index (χ4v) is 2.91. The van der Waals surface area contributed by atoms with Crippen LogP contribution in [0.2, 0.25) is 0 Å². The summed E-state index contributed by atoms with van der Waals surface area (Å²) < 4.78 is 0. The lowest BCUT2D eigenvalue weighted by Gasteiger charge is -2.32. The number of anilines is 3. The lowest BCUT2D eigenvalue weighted by molar-refractivity contribution is 0.531. The summed E-state index contributed by atoms with van der Waals surface area (Å²) in [5.41, 5.74) is 5.87. The highest BCUT2D eigenvalue weighted by Crippen LogP contribution is 2.29. The van der Waals surface area contributed by atoms with Crippen molar-refractivity contribution in [2.75, 3.05) is 29.0 Å². The Labute approximate surface area is 122 Å². The normalized spacial score (nSPS) is 15.8. The maximum absolute atomic E-state index is 5.87. The Hall–Kier alpha value is -1.52. The zero-order chi connectivity index (χ0) is 14.5. The van der Waals surface area contributed by atoms with E-state index in [1.54, 1.807) is 0 Å². The van der Waals surface area contributed by atoms with E-state index >= 15 is 0 Å². The first kappa shape index (κ1) is 14.9. The predicted octanol–water partition coefficient (Wildman–Crippen LogP) is 2.90. The van der Waals surface area contributed by atoms with E-state index in [9.17, 15) is 0 Å². The van der Waals surface area contributed by atoms with Crippen molar-refractivity contribution in [3.05, 3.63) is 6.07 Å². The molecule has 20 heavy (non-hydrogen) atoms. The van der Waals surface area contributed by atoms with Crippen molar-refractivity contribution in [2.24, 2.45) is 5.92 Å². The van der Waals surface area contributed by atoms with Gasteiger partial charge in [-0.05, 0) is 25.7 Å². The van der Waals surface area contributed by atoms with Crippen LogP contribution in [-0.4, -0.2) is 29.1 Å². The van der Waals surface area contributed by atoms with Crippen LogP contribution < -0.4 is 16.0 Å². The van der Waals surface area contributed by atoms with Crippen molar-refractivity contribution in [1.29, 1.82) is 0 Å². The van der Waals surface area contributed by atoms with Crippen LogP contribution in [0.15, 0.2) is 6.07 Å². The highest BCUT2D eigenvalue weighted by Gasteiger charge is 2.25. The number of nitrogens with two attached hydrogens (primary N) is 1. The number of hydrogen-bond donors (Lipinski definition) is 2. The molecule has 0 unspecified atom stereocenters. The predicted molar refractivity (Wildman–Crippen MR) is 85.0 cm³/mol. The van der Waals surface area contributed by atoms with Crippen LogP contribution in [0.1, 0.15) is 46.5 Å². The minimum Gasteiger partial charge on any atom is -0.370 e. The van der Waals surface area contributed by atoms with Crippen LogP contribution >= 0.6 is 0 Å². The molecule has 1 saturated carbocycles. The second kappa shape index (κ2) is 6.77. The average Bonchev–Trinajstić information content (AvgIpc) is 2.89. The van der Waals surface area contributed by atoms with Crippen molar-refractivity contribution in [3.8, 4) is 0 Å². The summed E-state index contributed by atoms with van der Waals surface area (Å²) in [5, 5.41) is 3.23. The maximum atomic E-state index is 5.87. The zero-order valence-electron chi connectivity index (χ0n) is 12.9. The summed E-state index contributed by atoms with van der Waals surface area (Å²) >= 11 is 0. The minimum absolute atomic E-state index is 0.352. The third-order valence-electron chi connectivity index (χ3n) is 3.71. The van der Waals surface area contributed by atoms with Gasteiger partial charge in [0, 0.05) is 25.2 Å². The van der Waals surface area contributed by atoms with Gasteiger partial charge in [0.05, 0.1) is 0 Å². The lowest BCUT2D eigenvalue weighted by atomic mass is 10.1. The Morgan fingerprint density at radius 1 is 1.35 bits per heavy atom. The Morgan fingerprint density at radius 3 is 2.65 bits per heavy atom. The van der Waals surface area contributed by atoms with Gasteiger partial charge in [-0.1, -0.05) is 26.7 Å². The Morgan fingerprint density at radius 2 is 2.05 bits per heavy atom. The molecule has 5 heteroatoms. The number of hydrogen-bond acceptors (Lipinski definition) is 5. The Bertz CT molecular complexity index is 426. The van der Waals surface area contributed by atoms with Crippen molar-refractivity contribution >= 4 is 17.6 Å². The van der Waals surface area contributed by atoms with Gasteiger partial charge in [-0.2, -0.15) is 9.97 Å². The molecule has 1 fully saturated rings. The molecule has 0 saturated heterocycles. The van der Waals surface area contributed by atoms with Gasteiger partial charge in [0.15, 0.2) is 0 Å². The van der Waals surface area contributed by atoms with E-state index in [1.165, 1.54) is 25.7 Å². The molecule has 2 rings (SSSR count). The summed E-state index contributed by atoms with van der Waals surface area (Å²) in [4.78, 5) is 11.1. The first-order valence-electron chi connectivity index (χ1n) is 7.75. The molecule has 0 bridgehead atoms. The van der Waals surface area contributed by atoms with Gasteiger partial charge >= 0.3 is 0 Å². The van der Waals surface area contributed by atoms with E-state index in [4.69, 9.17) is 5.73 Å². The topological polar surface area (TPSA) is 67.1 Å². The number of nitrogens with one attached hydrogen (secondary N) is 1. The summed E-state index contributed by atoms with van der Waals surface area (Å²) in [6.07, 6.45) is 5.15. The first-order chi connectivity index (χ1) is 9.60. The molecule has 0 radical (unpaired) electrons. The molecular formula is C15H27N5. The molecular weight excluding hydrogens is 250 g/mol. The number of nitrogens with zero attached hydrogens (tertiary/aromatic N) is 3. The monoisotopic (exact) mass is 277 g/mol. The number of rotatable bonds is 6. The Balaban J connectivity index is 2.26. The summed E-state index contributed by atoms with van der Waals surface area (Å²) in [5.74, 6) is 2.75. The largest absolute Gasteiger partial charge is 0.370 e. The Kier molecular flexibility index (Phi) is 5.04. The number of aromatic nitrogens is 2. The summed E-state index contributed by atoms with van der Waals surface area (Å²) in [6, 6.07) is 2.63. The molecule has 1 aromatic heterocycles. The lowest BCUT2D eigenvalue weighted by Crippen LogP contribution is -2.37. The van der Waals surface area contributed by atoms with Crippen molar-refractivity contribution in [3.63, 3.8) is 0 Å². The van der Waals surface area contributed by atoms with Crippen molar-refractivity contribution in [2.45, 2.75) is 52.5 Å². The molecule has 1 heterocycles. The van der Waals surface area contributed by atoms with Gasteiger partial charge in [0.25, 0.3) is 0 Å². The van der Waals surface area contributed by atoms with Crippen LogP contribution in [0.25, 0.3) is 0 Å². The van der Waals surface area contributed by atoms with Gasteiger partial charge in [-0.3, -0.25) is 0 Å². The molecule has 5 nitrogen and oxygen atoms in total. The third kappa shape index (κ3) is 3.74. The number of nitrogen functional groups attached to an aromatic ring is 1. The van der Waals surface area contributed by atoms with E-state index in [1.807, 2.05) is 6.07 Å². The van der Waals surface area contributed by atoms with Crippen molar-refractivity contribution < 1.29 is 0 Å². The molecule has 112 valence electrons. The molecule has 3 N–H and O–H groups in total. The van der Waals surface area contributed by atoms with E-state index in [0.717, 1.165) is 24.7 Å². The molecule has 0 spiro atoms. The first-order valence-corrected chi connectivity index (χ1v) is 7.75. The molecule has 1 aromatic rings. The van der Waals surface area contributed by atoms with Gasteiger partial charge in [-0.25, -0.2) is 0 Å². The fourth-order valence-electron chi connectivity index (χ4n) is 2.91. The molecule has 0 aliphatic heterocycles. The van der Waals surface area contributed by atoms with Crippen LogP contribution in [0.5, 0.6) is 0 Å². The van der Waals surface area contributed by atoms with Crippen LogP contribution in [0, 0.1) is 5.92 Å². The van der Waals surface area contributed by atoms with Crippen LogP contribution in [0.4, 0.5) is 17.6 Å². The zero-order valence-corrected chi connectivity index (χ0v) is 12.9. The van der Waals surface area contributed by atoms with E-state index < -0.39 is 0 Å². The quantitative estimate of drug-likeness (QED) is 0.837. The average molecular weight is 277 g/mol. The van der Waals surface area contributed by atoms with Gasteiger partial charge in [0.1, 0.15) is 11.6 Å². The molecule has 1 aliphatic rings. The van der Waals surface area contributed by atoms with Crippen molar-refractivity contribution in [1.82, 2.24) is 9.97 Å². The molecule has 0 aromatic carbocycles. The summed E-state index contributed by atoms with van der Waals surface area (Å²) in [6.45, 7) is 8.41. The van der Waals surface area contributed by atoms with E-state index in [-0.39, 0.29) is 0 Å². The minimum atomic E-state index is 0.352. The highest BCUT2D eigenvalue weighted by atomic mass is 15.2. The highest BCUT2D eigenvalue weighted by molar-refractivity contribution is 5.53. The van der Waals surface area contributed by atoms with Gasteiger partial charge in [-0.15, -0.1) is 0 Å².